The number of rotatable bonds is 5. The topological polar surface area (TPSA) is 18.5 Å². The van der Waals surface area contributed by atoms with Gasteiger partial charge in [0.1, 0.15) is 5.75 Å². The molecule has 0 atom stereocenters. The molecule has 90 valence electrons. The summed E-state index contributed by atoms with van der Waals surface area (Å²) in [6, 6.07) is 6.24. The van der Waals surface area contributed by atoms with E-state index in [1.807, 2.05) is 6.07 Å². The number of hydrogen-bond donors (Lipinski definition) is 0. The van der Waals surface area contributed by atoms with E-state index in [2.05, 4.69) is 39.8 Å². The second-order valence-electron chi connectivity index (χ2n) is 4.77. The summed E-state index contributed by atoms with van der Waals surface area (Å²) in [5.74, 6) is 0.870. The monoisotopic (exact) mass is 222 g/mol. The average molecular weight is 222 g/mol. The van der Waals surface area contributed by atoms with Crippen molar-refractivity contribution < 1.29 is 9.47 Å². The van der Waals surface area contributed by atoms with Crippen LogP contribution < -0.4 is 4.74 Å². The minimum absolute atomic E-state index is 0.226. The van der Waals surface area contributed by atoms with Gasteiger partial charge in [0.15, 0.2) is 6.79 Å². The van der Waals surface area contributed by atoms with Crippen molar-refractivity contribution in [1.82, 2.24) is 0 Å². The van der Waals surface area contributed by atoms with E-state index >= 15 is 0 Å². The van der Waals surface area contributed by atoms with Gasteiger partial charge in [0, 0.05) is 7.11 Å². The van der Waals surface area contributed by atoms with Crippen molar-refractivity contribution in [3.8, 4) is 5.75 Å². The van der Waals surface area contributed by atoms with Crippen molar-refractivity contribution in [1.29, 1.82) is 0 Å². The molecule has 0 heterocycles. The molecule has 1 aromatic carbocycles. The Morgan fingerprint density at radius 3 is 2.44 bits per heavy atom. The van der Waals surface area contributed by atoms with Gasteiger partial charge in [-0.15, -0.1) is 0 Å². The number of benzene rings is 1. The van der Waals surface area contributed by atoms with Gasteiger partial charge in [0.2, 0.25) is 0 Å². The smallest absolute Gasteiger partial charge is 0.188 e. The first kappa shape index (κ1) is 13.0. The molecule has 0 N–H and O–H groups in total. The van der Waals surface area contributed by atoms with Gasteiger partial charge in [0.05, 0.1) is 0 Å². The maximum absolute atomic E-state index is 5.42. The van der Waals surface area contributed by atoms with Crippen LogP contribution in [0.2, 0.25) is 0 Å². The van der Waals surface area contributed by atoms with E-state index in [9.17, 15) is 0 Å². The first-order valence-corrected chi connectivity index (χ1v) is 5.74. The number of hydrogen-bond acceptors (Lipinski definition) is 2. The Morgan fingerprint density at radius 1 is 1.25 bits per heavy atom. The molecule has 0 radical (unpaired) electrons. The van der Waals surface area contributed by atoms with Gasteiger partial charge in [-0.2, -0.15) is 0 Å². The molecule has 0 saturated carbocycles. The first-order valence-electron chi connectivity index (χ1n) is 5.74. The zero-order valence-corrected chi connectivity index (χ0v) is 11.0. The molecule has 2 heteroatoms. The Kier molecular flexibility index (Phi) is 4.36. The van der Waals surface area contributed by atoms with Crippen LogP contribution >= 0.6 is 0 Å². The zero-order chi connectivity index (χ0) is 12.2. The molecule has 0 aliphatic rings. The number of aryl methyl sites for hydroxylation is 1. The molecule has 0 saturated heterocycles. The van der Waals surface area contributed by atoms with Crippen molar-refractivity contribution in [3.05, 3.63) is 29.3 Å². The highest BCUT2D eigenvalue weighted by atomic mass is 16.7. The molecule has 16 heavy (non-hydrogen) atoms. The lowest BCUT2D eigenvalue weighted by Crippen LogP contribution is -2.17. The fraction of sp³-hybridized carbons (Fsp3) is 0.571. The fourth-order valence-electron chi connectivity index (χ4n) is 1.80. The van der Waals surface area contributed by atoms with Crippen LogP contribution in [0.25, 0.3) is 0 Å². The van der Waals surface area contributed by atoms with Gasteiger partial charge in [0.25, 0.3) is 0 Å². The summed E-state index contributed by atoms with van der Waals surface area (Å²) in [4.78, 5) is 0. The van der Waals surface area contributed by atoms with Crippen LogP contribution in [0.4, 0.5) is 0 Å². The molecule has 0 aliphatic heterocycles. The van der Waals surface area contributed by atoms with E-state index in [1.165, 1.54) is 11.1 Å². The van der Waals surface area contributed by atoms with Crippen molar-refractivity contribution >= 4 is 0 Å². The molecular formula is C14H22O2. The van der Waals surface area contributed by atoms with E-state index in [0.29, 0.717) is 6.79 Å². The molecule has 1 rings (SSSR count). The van der Waals surface area contributed by atoms with Crippen LogP contribution in [-0.4, -0.2) is 13.9 Å². The lowest BCUT2D eigenvalue weighted by atomic mass is 9.80. The van der Waals surface area contributed by atoms with E-state index in [4.69, 9.17) is 9.47 Å². The lowest BCUT2D eigenvalue weighted by Gasteiger charge is -2.25. The quantitative estimate of drug-likeness (QED) is 0.708. The molecule has 0 aromatic heterocycles. The highest BCUT2D eigenvalue weighted by Crippen LogP contribution is 2.31. The fourth-order valence-corrected chi connectivity index (χ4v) is 1.80. The van der Waals surface area contributed by atoms with Crippen LogP contribution in [0.15, 0.2) is 18.2 Å². The summed E-state index contributed by atoms with van der Waals surface area (Å²) in [6.07, 6.45) is 1.13. The molecule has 0 fully saturated rings. The van der Waals surface area contributed by atoms with Crippen molar-refractivity contribution in [2.24, 2.45) is 0 Å². The molecule has 0 unspecified atom stereocenters. The highest BCUT2D eigenvalue weighted by molar-refractivity contribution is 5.38. The van der Waals surface area contributed by atoms with E-state index in [1.54, 1.807) is 7.11 Å². The average Bonchev–Trinajstić information content (AvgIpc) is 2.26. The molecule has 0 aliphatic carbocycles. The van der Waals surface area contributed by atoms with Crippen molar-refractivity contribution in [2.45, 2.75) is 39.5 Å². The van der Waals surface area contributed by atoms with Gasteiger partial charge in [-0.1, -0.05) is 26.8 Å². The summed E-state index contributed by atoms with van der Waals surface area (Å²) in [7, 11) is 1.63. The lowest BCUT2D eigenvalue weighted by molar-refractivity contribution is 0.0510. The Balaban J connectivity index is 2.91. The zero-order valence-electron chi connectivity index (χ0n) is 11.0. The molecule has 1 aromatic rings. The standard InChI is InChI=1S/C14H22O2/c1-6-14(3,4)13-8-7-12(9-11(13)2)16-10-15-5/h7-9H,6,10H2,1-5H3. The normalized spacial score (nSPS) is 11.6. The molecule has 2 nitrogen and oxygen atoms in total. The Morgan fingerprint density at radius 2 is 1.94 bits per heavy atom. The van der Waals surface area contributed by atoms with Crippen LogP contribution in [0.3, 0.4) is 0 Å². The number of ether oxygens (including phenoxy) is 2. The summed E-state index contributed by atoms with van der Waals surface area (Å²) in [5, 5.41) is 0. The van der Waals surface area contributed by atoms with E-state index in [0.717, 1.165) is 12.2 Å². The maximum Gasteiger partial charge on any atom is 0.188 e. The van der Waals surface area contributed by atoms with Crippen LogP contribution in [-0.2, 0) is 10.2 Å². The van der Waals surface area contributed by atoms with Crippen molar-refractivity contribution in [3.63, 3.8) is 0 Å². The SMILES string of the molecule is CCC(C)(C)c1ccc(OCOC)cc1C. The van der Waals surface area contributed by atoms with Crippen LogP contribution in [0.1, 0.15) is 38.3 Å². The molecule has 0 bridgehead atoms. The first-order chi connectivity index (χ1) is 7.51. The summed E-state index contributed by atoms with van der Waals surface area (Å²) >= 11 is 0. The maximum atomic E-state index is 5.42. The third-order valence-electron chi connectivity index (χ3n) is 3.15. The van der Waals surface area contributed by atoms with Crippen molar-refractivity contribution in [2.75, 3.05) is 13.9 Å². The molecule has 0 spiro atoms. The van der Waals surface area contributed by atoms with Crippen LogP contribution in [0.5, 0.6) is 5.75 Å². The van der Waals surface area contributed by atoms with Gasteiger partial charge in [-0.3, -0.25) is 0 Å². The molecular weight excluding hydrogens is 200 g/mol. The number of methoxy groups -OCH3 is 1. The highest BCUT2D eigenvalue weighted by Gasteiger charge is 2.20. The Labute approximate surface area is 98.6 Å². The summed E-state index contributed by atoms with van der Waals surface area (Å²) in [5.41, 5.74) is 2.89. The second-order valence-corrected chi connectivity index (χ2v) is 4.77. The summed E-state index contributed by atoms with van der Waals surface area (Å²) < 4.78 is 10.3. The van der Waals surface area contributed by atoms with Gasteiger partial charge < -0.3 is 9.47 Å². The minimum atomic E-state index is 0.226. The van der Waals surface area contributed by atoms with E-state index in [-0.39, 0.29) is 5.41 Å². The Bertz CT molecular complexity index is 343. The summed E-state index contributed by atoms with van der Waals surface area (Å²) in [6.45, 7) is 9.19. The largest absolute Gasteiger partial charge is 0.468 e. The molecule has 0 amide bonds. The van der Waals surface area contributed by atoms with Gasteiger partial charge in [-0.25, -0.2) is 0 Å². The van der Waals surface area contributed by atoms with Gasteiger partial charge in [-0.05, 0) is 42.0 Å². The minimum Gasteiger partial charge on any atom is -0.468 e. The van der Waals surface area contributed by atoms with Gasteiger partial charge >= 0.3 is 0 Å². The van der Waals surface area contributed by atoms with E-state index < -0.39 is 0 Å². The second kappa shape index (κ2) is 5.35. The third-order valence-corrected chi connectivity index (χ3v) is 3.15. The van der Waals surface area contributed by atoms with Crippen LogP contribution in [0, 0.1) is 6.92 Å². The Hall–Kier alpha value is -1.02. The third kappa shape index (κ3) is 2.99. The predicted molar refractivity (Wildman–Crippen MR) is 67.0 cm³/mol. The predicted octanol–water partition coefficient (Wildman–Crippen LogP) is 3.67.